The molecule has 0 spiro atoms. The lowest BCUT2D eigenvalue weighted by molar-refractivity contribution is -0.777. The Balaban J connectivity index is 1.45. The van der Waals surface area contributed by atoms with E-state index in [0.29, 0.717) is 23.7 Å². The molecule has 136 valence electrons. The number of carbonyl (C=O) groups is 2. The highest BCUT2D eigenvalue weighted by Gasteiger charge is 2.50. The zero-order valence-corrected chi connectivity index (χ0v) is 13.5. The average Bonchev–Trinajstić information content (AvgIpc) is 2.53. The van der Waals surface area contributed by atoms with E-state index in [0.717, 1.165) is 25.7 Å². The van der Waals surface area contributed by atoms with Gasteiger partial charge in [-0.15, -0.1) is 0 Å². The lowest BCUT2D eigenvalue weighted by Crippen LogP contribution is -2.50. The molecule has 0 aliphatic heterocycles. The predicted octanol–water partition coefficient (Wildman–Crippen LogP) is 1.36. The predicted molar refractivity (Wildman–Crippen MR) is 72.6 cm³/mol. The molecule has 4 fully saturated rings. The maximum atomic E-state index is 13.1. The maximum Gasteiger partial charge on any atom is 0.415 e. The number of esters is 2. The minimum absolute atomic E-state index is 0.212. The van der Waals surface area contributed by atoms with E-state index < -0.39 is 35.8 Å². The van der Waals surface area contributed by atoms with Crippen molar-refractivity contribution in [2.75, 3.05) is 6.61 Å². The minimum atomic E-state index is -4.16. The summed E-state index contributed by atoms with van der Waals surface area (Å²) in [4.78, 5) is 23.0. The van der Waals surface area contributed by atoms with Crippen LogP contribution in [0.3, 0.4) is 0 Å². The summed E-state index contributed by atoms with van der Waals surface area (Å²) in [5, 5.41) is 8.09. The second-order valence-corrected chi connectivity index (χ2v) is 7.51. The Morgan fingerprint density at radius 3 is 2.21 bits per heavy atom. The molecule has 0 unspecified atom stereocenters. The van der Waals surface area contributed by atoms with E-state index in [2.05, 4.69) is 14.1 Å². The highest BCUT2D eigenvalue weighted by Crippen LogP contribution is 2.54. The van der Waals surface area contributed by atoms with Crippen LogP contribution in [0.4, 0.5) is 8.78 Å². The molecule has 0 aromatic rings. The number of alkyl halides is 2. The molecule has 0 radical (unpaired) electrons. The van der Waals surface area contributed by atoms with Crippen molar-refractivity contribution in [1.82, 2.24) is 0 Å². The van der Waals surface area contributed by atoms with Crippen LogP contribution >= 0.6 is 12.0 Å². The lowest BCUT2D eigenvalue weighted by Gasteiger charge is -2.53. The summed E-state index contributed by atoms with van der Waals surface area (Å²) < 4.78 is 39.3. The fourth-order valence-electron chi connectivity index (χ4n) is 4.55. The largest absolute Gasteiger partial charge is 0.691 e. The average molecular weight is 367 g/mol. The van der Waals surface area contributed by atoms with E-state index in [-0.39, 0.29) is 6.10 Å². The maximum absolute atomic E-state index is 13.1. The number of ether oxygens (including phenoxy) is 2. The van der Waals surface area contributed by atoms with Crippen LogP contribution in [0.2, 0.25) is 0 Å². The Hall–Kier alpha value is -0.970. The van der Waals surface area contributed by atoms with Gasteiger partial charge in [0.2, 0.25) is 0 Å². The Morgan fingerprint density at radius 2 is 1.67 bits per heavy atom. The molecule has 24 heavy (non-hydrogen) atoms. The fourth-order valence-corrected chi connectivity index (χ4v) is 4.79. The van der Waals surface area contributed by atoms with Crippen molar-refractivity contribution in [2.45, 2.75) is 43.5 Å². The van der Waals surface area contributed by atoms with Gasteiger partial charge < -0.3 is 14.7 Å². The second-order valence-electron chi connectivity index (χ2n) is 6.70. The SMILES string of the molecule is O=C(COC(=O)C(F)(F)SOO[O-])OC1C2CC3CC(C2)CC1C3. The zero-order chi connectivity index (χ0) is 17.3. The summed E-state index contributed by atoms with van der Waals surface area (Å²) in [6.07, 6.45) is 5.18. The number of hydrogen-bond donors (Lipinski definition) is 0. The standard InChI is InChI=1S/C14H18F2O7S/c15-14(16,24-23-22-19)13(18)20-6-11(17)21-12-9-2-7-1-8(4-9)5-10(12)3-7/h7-10,12,19H,1-6H2/p-1. The van der Waals surface area contributed by atoms with E-state index >= 15 is 0 Å². The first-order valence-corrected chi connectivity index (χ1v) is 8.52. The van der Waals surface area contributed by atoms with Crippen LogP contribution < -0.4 is 5.26 Å². The van der Waals surface area contributed by atoms with E-state index in [4.69, 9.17) is 4.74 Å². The van der Waals surface area contributed by atoms with Crippen molar-refractivity contribution in [3.8, 4) is 0 Å². The molecule has 0 N–H and O–H groups in total. The Labute approximate surface area is 141 Å². The van der Waals surface area contributed by atoms with Crippen LogP contribution in [-0.4, -0.2) is 29.9 Å². The van der Waals surface area contributed by atoms with Crippen molar-refractivity contribution in [3.05, 3.63) is 0 Å². The lowest BCUT2D eigenvalue weighted by atomic mass is 9.55. The normalized spacial score (nSPS) is 34.2. The van der Waals surface area contributed by atoms with Crippen molar-refractivity contribution in [3.63, 3.8) is 0 Å². The first-order chi connectivity index (χ1) is 11.4. The first kappa shape index (κ1) is 17.8. The highest BCUT2D eigenvalue weighted by molar-refractivity contribution is 7.96. The monoisotopic (exact) mass is 367 g/mol. The van der Waals surface area contributed by atoms with Crippen LogP contribution in [-0.2, 0) is 28.4 Å². The molecular weight excluding hydrogens is 350 g/mol. The number of carbonyl (C=O) groups excluding carboxylic acids is 2. The van der Waals surface area contributed by atoms with E-state index in [1.54, 1.807) is 0 Å². The van der Waals surface area contributed by atoms with Crippen molar-refractivity contribution in [1.29, 1.82) is 0 Å². The van der Waals surface area contributed by atoms with Gasteiger partial charge in [0.05, 0.1) is 0 Å². The molecule has 0 atom stereocenters. The molecule has 0 amide bonds. The third-order valence-corrected chi connectivity index (χ3v) is 5.63. The summed E-state index contributed by atoms with van der Waals surface area (Å²) in [5.74, 6) is -0.798. The molecule has 4 saturated carbocycles. The fraction of sp³-hybridized carbons (Fsp3) is 0.857. The smallest absolute Gasteiger partial charge is 0.415 e. The van der Waals surface area contributed by atoms with Crippen LogP contribution in [0.15, 0.2) is 0 Å². The molecule has 4 bridgehead atoms. The number of hydrogen-bond acceptors (Lipinski definition) is 8. The van der Waals surface area contributed by atoms with Crippen molar-refractivity contribution < 1.29 is 42.5 Å². The van der Waals surface area contributed by atoms with Gasteiger partial charge in [-0.25, -0.2) is 9.59 Å². The molecule has 0 saturated heterocycles. The number of rotatable bonds is 7. The van der Waals surface area contributed by atoms with Gasteiger partial charge in [-0.05, 0) is 55.8 Å². The van der Waals surface area contributed by atoms with Gasteiger partial charge in [-0.2, -0.15) is 13.1 Å². The summed E-state index contributed by atoms with van der Waals surface area (Å²) in [6, 6.07) is 0. The molecule has 4 aliphatic rings. The highest BCUT2D eigenvalue weighted by atomic mass is 32.2. The molecule has 4 aliphatic carbocycles. The molecule has 0 aromatic heterocycles. The third kappa shape index (κ3) is 3.81. The number of halogens is 2. The van der Waals surface area contributed by atoms with Gasteiger partial charge in [0.15, 0.2) is 6.61 Å². The van der Waals surface area contributed by atoms with Crippen LogP contribution in [0.5, 0.6) is 0 Å². The van der Waals surface area contributed by atoms with Crippen LogP contribution in [0.1, 0.15) is 32.1 Å². The summed E-state index contributed by atoms with van der Waals surface area (Å²) in [7, 11) is 0. The summed E-state index contributed by atoms with van der Waals surface area (Å²) in [5.41, 5.74) is 0. The second kappa shape index (κ2) is 7.11. The van der Waals surface area contributed by atoms with Crippen LogP contribution in [0, 0.1) is 23.7 Å². The Bertz CT molecular complexity index is 474. The van der Waals surface area contributed by atoms with Gasteiger partial charge in [0.25, 0.3) is 0 Å². The van der Waals surface area contributed by atoms with Crippen molar-refractivity contribution >= 4 is 24.0 Å². The van der Waals surface area contributed by atoms with Gasteiger partial charge in [0, 0.05) is 0 Å². The summed E-state index contributed by atoms with van der Waals surface area (Å²) in [6.45, 7) is -0.907. The van der Waals surface area contributed by atoms with Gasteiger partial charge in [0.1, 0.15) is 18.1 Å². The quantitative estimate of drug-likeness (QED) is 0.288. The molecule has 4 rings (SSSR count). The Morgan fingerprint density at radius 1 is 1.08 bits per heavy atom. The van der Waals surface area contributed by atoms with Crippen LogP contribution in [0.25, 0.3) is 0 Å². The van der Waals surface area contributed by atoms with E-state index in [1.807, 2.05) is 0 Å². The minimum Gasteiger partial charge on any atom is -0.691 e. The zero-order valence-electron chi connectivity index (χ0n) is 12.7. The molecular formula is C14H17F2O7S-. The first-order valence-electron chi connectivity index (χ1n) is 7.78. The molecule has 0 aromatic carbocycles. The van der Waals surface area contributed by atoms with E-state index in [1.165, 1.54) is 6.42 Å². The molecule has 10 heteroatoms. The molecule has 7 nitrogen and oxygen atoms in total. The Kier molecular flexibility index (Phi) is 5.28. The topological polar surface area (TPSA) is 94.1 Å². The molecule has 0 heterocycles. The van der Waals surface area contributed by atoms with E-state index in [9.17, 15) is 23.6 Å². The summed E-state index contributed by atoms with van der Waals surface area (Å²) >= 11 is -0.802. The van der Waals surface area contributed by atoms with Gasteiger partial charge in [-0.1, -0.05) is 0 Å². The van der Waals surface area contributed by atoms with Gasteiger partial charge in [-0.3, -0.25) is 5.04 Å². The van der Waals surface area contributed by atoms with Gasteiger partial charge >= 0.3 is 17.2 Å². The third-order valence-electron chi connectivity index (χ3n) is 5.13. The van der Waals surface area contributed by atoms with Crippen molar-refractivity contribution in [2.24, 2.45) is 23.7 Å².